The molecule has 0 aromatic heterocycles. The van der Waals surface area contributed by atoms with Gasteiger partial charge in [0.1, 0.15) is 5.60 Å². The van der Waals surface area contributed by atoms with Crippen molar-refractivity contribution < 1.29 is 14.3 Å². The van der Waals surface area contributed by atoms with Gasteiger partial charge in [-0.25, -0.2) is 4.79 Å². The van der Waals surface area contributed by atoms with Crippen molar-refractivity contribution in [1.29, 1.82) is 0 Å². The molecule has 1 rings (SSSR count). The number of hydrogen-bond donors (Lipinski definition) is 1. The van der Waals surface area contributed by atoms with Crippen molar-refractivity contribution in [3.63, 3.8) is 0 Å². The van der Waals surface area contributed by atoms with Crippen molar-refractivity contribution in [2.75, 3.05) is 6.54 Å². The Morgan fingerprint density at radius 1 is 1.41 bits per heavy atom. The first-order valence-electron chi connectivity index (χ1n) is 7.97. The van der Waals surface area contributed by atoms with Crippen molar-refractivity contribution >= 4 is 12.0 Å². The van der Waals surface area contributed by atoms with Crippen LogP contribution in [-0.2, 0) is 9.53 Å². The van der Waals surface area contributed by atoms with Crippen molar-refractivity contribution in [3.8, 4) is 12.3 Å². The molecule has 1 fully saturated rings. The lowest BCUT2D eigenvalue weighted by molar-refractivity contribution is -0.122. The number of unbranched alkanes of at least 4 members (excludes halogenated alkanes) is 1. The number of ether oxygens (including phenoxy) is 1. The summed E-state index contributed by atoms with van der Waals surface area (Å²) in [5.74, 6) is 2.53. The molecule has 0 saturated carbocycles. The van der Waals surface area contributed by atoms with E-state index < -0.39 is 5.60 Å². The first kappa shape index (κ1) is 18.3. The van der Waals surface area contributed by atoms with Gasteiger partial charge in [-0.1, -0.05) is 0 Å². The third-order valence-corrected chi connectivity index (χ3v) is 3.69. The highest BCUT2D eigenvalue weighted by Gasteiger charge is 2.34. The second-order valence-corrected chi connectivity index (χ2v) is 6.79. The molecule has 22 heavy (non-hydrogen) atoms. The number of likely N-dealkylation sites (tertiary alicyclic amines) is 1. The quantitative estimate of drug-likeness (QED) is 0.641. The maximum Gasteiger partial charge on any atom is 0.410 e. The lowest BCUT2D eigenvalue weighted by atomic mass is 9.97. The smallest absolute Gasteiger partial charge is 0.410 e. The van der Waals surface area contributed by atoms with Crippen LogP contribution in [0.3, 0.4) is 0 Å². The van der Waals surface area contributed by atoms with E-state index in [4.69, 9.17) is 11.2 Å². The molecule has 0 aliphatic carbocycles. The Morgan fingerprint density at radius 2 is 2.09 bits per heavy atom. The molecule has 2 amide bonds. The van der Waals surface area contributed by atoms with Crippen LogP contribution in [0.15, 0.2) is 0 Å². The minimum absolute atomic E-state index is 0.00172. The van der Waals surface area contributed by atoms with Crippen LogP contribution in [0.5, 0.6) is 0 Å². The summed E-state index contributed by atoms with van der Waals surface area (Å²) >= 11 is 0. The summed E-state index contributed by atoms with van der Waals surface area (Å²) in [6.07, 6.45) is 8.34. The molecule has 1 heterocycles. The Kier molecular flexibility index (Phi) is 6.73. The Balaban J connectivity index is 2.55. The number of piperidine rings is 1. The number of hydrogen-bond acceptors (Lipinski definition) is 3. The van der Waals surface area contributed by atoms with Crippen LogP contribution in [0.4, 0.5) is 4.79 Å². The van der Waals surface area contributed by atoms with Gasteiger partial charge in [0.25, 0.3) is 0 Å². The van der Waals surface area contributed by atoms with Crippen LogP contribution in [0.2, 0.25) is 0 Å². The summed E-state index contributed by atoms with van der Waals surface area (Å²) in [5, 5.41) is 3.02. The van der Waals surface area contributed by atoms with E-state index in [1.165, 1.54) is 0 Å². The average molecular weight is 308 g/mol. The molecule has 5 nitrogen and oxygen atoms in total. The van der Waals surface area contributed by atoms with Crippen molar-refractivity contribution in [1.82, 2.24) is 10.2 Å². The lowest BCUT2D eigenvalue weighted by Gasteiger charge is -2.40. The SMILES string of the molecule is C#CCCCC(=O)N[C@@H]1CCCN(C(=O)OC(C)(C)C)[C@@H]1C. The Labute approximate surface area is 133 Å². The summed E-state index contributed by atoms with van der Waals surface area (Å²) < 4.78 is 5.43. The molecule has 0 radical (unpaired) electrons. The summed E-state index contributed by atoms with van der Waals surface area (Å²) in [6, 6.07) is -0.0974. The molecule has 1 N–H and O–H groups in total. The number of carbonyl (C=O) groups is 2. The number of terminal acetylenes is 1. The van der Waals surface area contributed by atoms with E-state index in [0.717, 1.165) is 12.8 Å². The molecule has 0 bridgehead atoms. The summed E-state index contributed by atoms with van der Waals surface area (Å²) in [6.45, 7) is 8.17. The van der Waals surface area contributed by atoms with E-state index in [0.29, 0.717) is 25.8 Å². The number of nitrogens with zero attached hydrogens (tertiary/aromatic N) is 1. The predicted octanol–water partition coefficient (Wildman–Crippen LogP) is 2.69. The van der Waals surface area contributed by atoms with Crippen molar-refractivity contribution in [2.45, 2.75) is 77.5 Å². The first-order valence-corrected chi connectivity index (χ1v) is 7.97. The molecule has 0 aromatic rings. The van der Waals surface area contributed by atoms with Gasteiger partial charge < -0.3 is 15.0 Å². The molecule has 124 valence electrons. The zero-order valence-electron chi connectivity index (χ0n) is 14.1. The zero-order chi connectivity index (χ0) is 16.8. The van der Waals surface area contributed by atoms with E-state index in [1.54, 1.807) is 4.90 Å². The number of rotatable bonds is 4. The van der Waals surface area contributed by atoms with Crippen LogP contribution in [0.25, 0.3) is 0 Å². The Hall–Kier alpha value is -1.70. The van der Waals surface area contributed by atoms with Crippen LogP contribution < -0.4 is 5.32 Å². The van der Waals surface area contributed by atoms with Gasteiger partial charge in [-0.2, -0.15) is 0 Å². The van der Waals surface area contributed by atoms with Crippen molar-refractivity contribution in [2.24, 2.45) is 0 Å². The van der Waals surface area contributed by atoms with Gasteiger partial charge >= 0.3 is 6.09 Å². The number of carbonyl (C=O) groups excluding carboxylic acids is 2. The van der Waals surface area contributed by atoms with Gasteiger partial charge in [0.05, 0.1) is 6.04 Å². The van der Waals surface area contributed by atoms with Gasteiger partial charge in [-0.15, -0.1) is 12.3 Å². The molecule has 1 aliphatic heterocycles. The molecular weight excluding hydrogens is 280 g/mol. The van der Waals surface area contributed by atoms with Crippen LogP contribution >= 0.6 is 0 Å². The van der Waals surface area contributed by atoms with E-state index >= 15 is 0 Å². The average Bonchev–Trinajstić information content (AvgIpc) is 2.39. The standard InChI is InChI=1S/C17H28N2O3/c1-6-7-8-11-15(20)18-14-10-9-12-19(13(14)2)16(21)22-17(3,4)5/h1,13-14H,7-12H2,2-5H3,(H,18,20)/t13-,14-/m1/s1. The Morgan fingerprint density at radius 3 is 2.68 bits per heavy atom. The van der Waals surface area contributed by atoms with Crippen LogP contribution in [0.1, 0.15) is 59.8 Å². The zero-order valence-corrected chi connectivity index (χ0v) is 14.1. The first-order chi connectivity index (χ1) is 10.2. The topological polar surface area (TPSA) is 58.6 Å². The maximum atomic E-state index is 12.2. The minimum Gasteiger partial charge on any atom is -0.444 e. The molecule has 0 aromatic carbocycles. The fourth-order valence-corrected chi connectivity index (χ4v) is 2.54. The van der Waals surface area contributed by atoms with Crippen LogP contribution in [0, 0.1) is 12.3 Å². The summed E-state index contributed by atoms with van der Waals surface area (Å²) in [5.41, 5.74) is -0.512. The molecule has 1 saturated heterocycles. The largest absolute Gasteiger partial charge is 0.444 e. The van der Waals surface area contributed by atoms with Gasteiger partial charge in [-0.05, 0) is 47.0 Å². The normalized spacial score (nSPS) is 21.9. The van der Waals surface area contributed by atoms with Gasteiger partial charge in [0, 0.05) is 25.4 Å². The third kappa shape index (κ3) is 5.97. The number of amides is 2. The predicted molar refractivity (Wildman–Crippen MR) is 86.3 cm³/mol. The lowest BCUT2D eigenvalue weighted by Crippen LogP contribution is -2.56. The fraction of sp³-hybridized carbons (Fsp3) is 0.765. The van der Waals surface area contributed by atoms with E-state index in [9.17, 15) is 9.59 Å². The molecule has 0 unspecified atom stereocenters. The minimum atomic E-state index is -0.512. The van der Waals surface area contributed by atoms with Crippen molar-refractivity contribution in [3.05, 3.63) is 0 Å². The molecule has 2 atom stereocenters. The fourth-order valence-electron chi connectivity index (χ4n) is 2.54. The highest BCUT2D eigenvalue weighted by Crippen LogP contribution is 2.21. The summed E-state index contributed by atoms with van der Waals surface area (Å²) in [7, 11) is 0. The number of nitrogens with one attached hydrogen (secondary N) is 1. The van der Waals surface area contributed by atoms with E-state index in [2.05, 4.69) is 11.2 Å². The highest BCUT2D eigenvalue weighted by atomic mass is 16.6. The molecule has 5 heteroatoms. The van der Waals surface area contributed by atoms with Gasteiger partial charge in [0.2, 0.25) is 5.91 Å². The highest BCUT2D eigenvalue weighted by molar-refractivity contribution is 5.76. The van der Waals surface area contributed by atoms with Gasteiger partial charge in [-0.3, -0.25) is 4.79 Å². The summed E-state index contributed by atoms with van der Waals surface area (Å²) in [4.78, 5) is 25.9. The second kappa shape index (κ2) is 8.07. The Bertz CT molecular complexity index is 434. The molecule has 0 spiro atoms. The van der Waals surface area contributed by atoms with Gasteiger partial charge in [0.15, 0.2) is 0 Å². The molecular formula is C17H28N2O3. The van der Waals surface area contributed by atoms with E-state index in [1.807, 2.05) is 27.7 Å². The monoisotopic (exact) mass is 308 g/mol. The third-order valence-electron chi connectivity index (χ3n) is 3.69. The maximum absolute atomic E-state index is 12.2. The second-order valence-electron chi connectivity index (χ2n) is 6.79. The van der Waals surface area contributed by atoms with E-state index in [-0.39, 0.29) is 24.1 Å². The van der Waals surface area contributed by atoms with Crippen LogP contribution in [-0.4, -0.2) is 41.1 Å². The molecule has 1 aliphatic rings.